The van der Waals surface area contributed by atoms with Crippen molar-refractivity contribution in [2.24, 2.45) is 5.92 Å². The molecule has 2 saturated heterocycles. The Bertz CT molecular complexity index is 742. The molecule has 1 amide bonds. The Morgan fingerprint density at radius 2 is 2.00 bits per heavy atom. The summed E-state index contributed by atoms with van der Waals surface area (Å²) in [4.78, 5) is 14.7. The van der Waals surface area contributed by atoms with Crippen LogP contribution in [0.3, 0.4) is 0 Å². The van der Waals surface area contributed by atoms with Crippen molar-refractivity contribution >= 4 is 5.91 Å². The van der Waals surface area contributed by atoms with E-state index < -0.39 is 6.10 Å². The van der Waals surface area contributed by atoms with Gasteiger partial charge in [0.15, 0.2) is 0 Å². The highest BCUT2D eigenvalue weighted by Crippen LogP contribution is 2.29. The van der Waals surface area contributed by atoms with Gasteiger partial charge in [-0.2, -0.15) is 0 Å². The van der Waals surface area contributed by atoms with Gasteiger partial charge in [0, 0.05) is 25.7 Å². The van der Waals surface area contributed by atoms with E-state index in [-0.39, 0.29) is 36.6 Å². The van der Waals surface area contributed by atoms with Gasteiger partial charge in [0.2, 0.25) is 5.91 Å². The summed E-state index contributed by atoms with van der Waals surface area (Å²) >= 11 is 0. The number of halogens is 1. The van der Waals surface area contributed by atoms with Gasteiger partial charge in [-0.05, 0) is 49.3 Å². The fourth-order valence-electron chi connectivity index (χ4n) is 5.43. The maximum Gasteiger partial charge on any atom is 0.222 e. The van der Waals surface area contributed by atoms with Crippen LogP contribution >= 0.6 is 0 Å². The number of amides is 1. The lowest BCUT2D eigenvalue weighted by molar-refractivity contribution is -0.158. The van der Waals surface area contributed by atoms with E-state index >= 15 is 0 Å². The summed E-state index contributed by atoms with van der Waals surface area (Å²) in [6.45, 7) is 2.42. The van der Waals surface area contributed by atoms with Crippen molar-refractivity contribution in [1.82, 2.24) is 10.2 Å². The maximum absolute atomic E-state index is 13.7. The number of carbonyl (C=O) groups is 1. The number of carbonyl (C=O) groups excluding carboxylic acids is 1. The SMILES string of the molecule is O=C(C[C@H]1CC[C@@H]2[C@H](COC[C@@H](O)CN2Cc2cccc(F)c2)O1)NCC1CCCCC1. The van der Waals surface area contributed by atoms with Gasteiger partial charge >= 0.3 is 0 Å². The Hall–Kier alpha value is -1.54. The lowest BCUT2D eigenvalue weighted by Crippen LogP contribution is -2.55. The molecule has 32 heavy (non-hydrogen) atoms. The van der Waals surface area contributed by atoms with Crippen LogP contribution in [0, 0.1) is 11.7 Å². The van der Waals surface area contributed by atoms with E-state index in [0.717, 1.165) is 24.9 Å². The van der Waals surface area contributed by atoms with Crippen LogP contribution in [0.25, 0.3) is 0 Å². The zero-order valence-electron chi connectivity index (χ0n) is 18.9. The summed E-state index contributed by atoms with van der Waals surface area (Å²) in [6.07, 6.45) is 7.44. The number of hydrogen-bond donors (Lipinski definition) is 2. The number of nitrogens with one attached hydrogen (secondary N) is 1. The van der Waals surface area contributed by atoms with Crippen LogP contribution in [0.2, 0.25) is 0 Å². The molecule has 2 heterocycles. The number of aliphatic hydroxyl groups excluding tert-OH is 1. The number of hydrogen-bond acceptors (Lipinski definition) is 5. The lowest BCUT2D eigenvalue weighted by atomic mass is 9.89. The van der Waals surface area contributed by atoms with Gasteiger partial charge in [-0.1, -0.05) is 31.4 Å². The zero-order valence-corrected chi connectivity index (χ0v) is 18.9. The van der Waals surface area contributed by atoms with E-state index in [9.17, 15) is 14.3 Å². The monoisotopic (exact) mass is 448 g/mol. The van der Waals surface area contributed by atoms with Crippen molar-refractivity contribution in [3.05, 3.63) is 35.6 Å². The second kappa shape index (κ2) is 11.5. The molecule has 0 bridgehead atoms. The number of rotatable bonds is 6. The standard InChI is InChI=1S/C25H37FN2O4/c26-20-8-4-7-19(11-20)14-28-15-21(29)16-31-17-24-23(28)10-9-22(32-24)12-25(30)27-13-18-5-2-1-3-6-18/h4,7-8,11,18,21-24,29H,1-3,5-6,9-10,12-17H2,(H,27,30)/t21-,22+,23+,24-/m0/s1. The van der Waals surface area contributed by atoms with Crippen molar-refractivity contribution in [2.45, 2.75) is 82.3 Å². The smallest absolute Gasteiger partial charge is 0.222 e. The summed E-state index contributed by atoms with van der Waals surface area (Å²) in [5.74, 6) is 0.429. The molecule has 4 atom stereocenters. The Labute approximate surface area is 190 Å². The second-order valence-electron chi connectivity index (χ2n) is 9.70. The van der Waals surface area contributed by atoms with Crippen LogP contribution in [-0.2, 0) is 20.8 Å². The Kier molecular flexibility index (Phi) is 8.52. The number of ether oxygens (including phenoxy) is 2. The summed E-state index contributed by atoms with van der Waals surface area (Å²) < 4.78 is 25.7. The molecule has 2 N–H and O–H groups in total. The van der Waals surface area contributed by atoms with Crippen molar-refractivity contribution in [2.75, 3.05) is 26.3 Å². The quantitative estimate of drug-likeness (QED) is 0.700. The minimum atomic E-state index is -0.590. The summed E-state index contributed by atoms with van der Waals surface area (Å²) in [5.41, 5.74) is 0.877. The lowest BCUT2D eigenvalue weighted by Gasteiger charge is -2.44. The van der Waals surface area contributed by atoms with E-state index in [4.69, 9.17) is 9.47 Å². The van der Waals surface area contributed by atoms with E-state index in [1.165, 1.54) is 38.2 Å². The van der Waals surface area contributed by atoms with Gasteiger partial charge in [0.25, 0.3) is 0 Å². The molecule has 0 aromatic heterocycles. The van der Waals surface area contributed by atoms with Gasteiger partial charge in [-0.15, -0.1) is 0 Å². The van der Waals surface area contributed by atoms with Gasteiger partial charge in [-0.3, -0.25) is 9.69 Å². The summed E-state index contributed by atoms with van der Waals surface area (Å²) in [6, 6.07) is 6.67. The van der Waals surface area contributed by atoms with Crippen molar-refractivity contribution in [1.29, 1.82) is 0 Å². The van der Waals surface area contributed by atoms with Crippen molar-refractivity contribution in [3.8, 4) is 0 Å². The third kappa shape index (κ3) is 6.73. The summed E-state index contributed by atoms with van der Waals surface area (Å²) in [5, 5.41) is 13.4. The molecule has 3 fully saturated rings. The molecule has 6 nitrogen and oxygen atoms in total. The molecule has 3 aliphatic rings. The molecule has 1 aromatic rings. The van der Waals surface area contributed by atoms with Crippen LogP contribution in [-0.4, -0.2) is 66.6 Å². The molecule has 0 unspecified atom stereocenters. The van der Waals surface area contributed by atoms with E-state index in [2.05, 4.69) is 10.2 Å². The van der Waals surface area contributed by atoms with Crippen molar-refractivity contribution < 1.29 is 23.8 Å². The second-order valence-corrected chi connectivity index (χ2v) is 9.70. The third-order valence-corrected chi connectivity index (χ3v) is 7.09. The number of fused-ring (bicyclic) bond motifs is 1. The average Bonchev–Trinajstić information content (AvgIpc) is 2.77. The van der Waals surface area contributed by atoms with Gasteiger partial charge in [0.1, 0.15) is 5.82 Å². The van der Waals surface area contributed by atoms with E-state index in [1.54, 1.807) is 12.1 Å². The first kappa shape index (κ1) is 23.6. The highest BCUT2D eigenvalue weighted by molar-refractivity contribution is 5.76. The Morgan fingerprint density at radius 1 is 1.16 bits per heavy atom. The first-order chi connectivity index (χ1) is 15.6. The predicted octanol–water partition coefficient (Wildman–Crippen LogP) is 3.02. The third-order valence-electron chi connectivity index (χ3n) is 7.09. The average molecular weight is 449 g/mol. The van der Waals surface area contributed by atoms with Crippen LogP contribution in [0.5, 0.6) is 0 Å². The molecule has 1 aromatic carbocycles. The molecule has 178 valence electrons. The normalized spacial score (nSPS) is 30.2. The zero-order chi connectivity index (χ0) is 22.3. The number of benzene rings is 1. The predicted molar refractivity (Wildman–Crippen MR) is 120 cm³/mol. The van der Waals surface area contributed by atoms with Crippen LogP contribution in [0.4, 0.5) is 4.39 Å². The van der Waals surface area contributed by atoms with Crippen LogP contribution < -0.4 is 5.32 Å². The van der Waals surface area contributed by atoms with Gasteiger partial charge in [0.05, 0.1) is 37.9 Å². The van der Waals surface area contributed by atoms with Crippen molar-refractivity contribution in [3.63, 3.8) is 0 Å². The Morgan fingerprint density at radius 3 is 2.81 bits per heavy atom. The fourth-order valence-corrected chi connectivity index (χ4v) is 5.43. The molecule has 1 aliphatic carbocycles. The van der Waals surface area contributed by atoms with Gasteiger partial charge < -0.3 is 19.9 Å². The molecule has 0 spiro atoms. The summed E-state index contributed by atoms with van der Waals surface area (Å²) in [7, 11) is 0. The molecule has 0 radical (unpaired) electrons. The molecule has 1 saturated carbocycles. The Balaban J connectivity index is 1.32. The fraction of sp³-hybridized carbons (Fsp3) is 0.720. The minimum absolute atomic E-state index is 0.0646. The number of aliphatic hydroxyl groups is 1. The molecule has 7 heteroatoms. The maximum atomic E-state index is 13.7. The van der Waals surface area contributed by atoms with E-state index in [1.807, 2.05) is 6.07 Å². The molecular weight excluding hydrogens is 411 g/mol. The highest BCUT2D eigenvalue weighted by atomic mass is 19.1. The minimum Gasteiger partial charge on any atom is -0.389 e. The number of nitrogens with zero attached hydrogens (tertiary/aromatic N) is 1. The largest absolute Gasteiger partial charge is 0.389 e. The van der Waals surface area contributed by atoms with Gasteiger partial charge in [-0.25, -0.2) is 4.39 Å². The topological polar surface area (TPSA) is 71.0 Å². The molecule has 2 aliphatic heterocycles. The molecular formula is C25H37FN2O4. The number of β-amino-alcohol motifs (C(OH)–C–C–N with tert-alkyl or cyclic N) is 1. The first-order valence-electron chi connectivity index (χ1n) is 12.2. The van der Waals surface area contributed by atoms with Crippen LogP contribution in [0.1, 0.15) is 56.9 Å². The van der Waals surface area contributed by atoms with E-state index in [0.29, 0.717) is 32.0 Å². The molecule has 4 rings (SSSR count). The first-order valence-corrected chi connectivity index (χ1v) is 12.2. The highest BCUT2D eigenvalue weighted by Gasteiger charge is 2.38. The van der Waals surface area contributed by atoms with Crippen LogP contribution in [0.15, 0.2) is 24.3 Å².